The van der Waals surface area contributed by atoms with Crippen molar-refractivity contribution in [3.8, 4) is 0 Å². The predicted molar refractivity (Wildman–Crippen MR) is 43.0 cm³/mol. The molecule has 0 bridgehead atoms. The summed E-state index contributed by atoms with van der Waals surface area (Å²) in [5.74, 6) is 0.0273. The number of halogens is 2. The van der Waals surface area contributed by atoms with E-state index in [0.29, 0.717) is 0 Å². The van der Waals surface area contributed by atoms with Gasteiger partial charge in [-0.2, -0.15) is 0 Å². The third-order valence-electron chi connectivity index (χ3n) is 2.04. The van der Waals surface area contributed by atoms with Crippen molar-refractivity contribution in [2.24, 2.45) is 0 Å². The summed E-state index contributed by atoms with van der Waals surface area (Å²) < 4.78 is 22.0. The Bertz CT molecular complexity index is 247. The molecule has 1 aliphatic heterocycles. The Balaban J connectivity index is 0. The molecule has 1 heterocycles. The molecule has 0 aliphatic carbocycles. The van der Waals surface area contributed by atoms with Crippen molar-refractivity contribution in [2.75, 3.05) is 24.6 Å². The molecule has 0 aromatic rings. The van der Waals surface area contributed by atoms with E-state index in [0.717, 1.165) is 13.1 Å². The summed E-state index contributed by atoms with van der Waals surface area (Å²) in [6, 6.07) is -0.170. The van der Waals surface area contributed by atoms with E-state index in [1.54, 1.807) is 0 Å². The van der Waals surface area contributed by atoms with Crippen LogP contribution < -0.4 is 35.9 Å². The van der Waals surface area contributed by atoms with Gasteiger partial charge in [-0.3, -0.25) is 0 Å². The van der Waals surface area contributed by atoms with Gasteiger partial charge in [0.2, 0.25) is 0 Å². The number of hydrogen-bond acceptors (Lipinski definition) is 3. The molecule has 2 atom stereocenters. The van der Waals surface area contributed by atoms with Crippen LogP contribution in [0, 0.1) is 0 Å². The lowest BCUT2D eigenvalue weighted by Gasteiger charge is -2.09. The van der Waals surface area contributed by atoms with Crippen LogP contribution in [0.5, 0.6) is 0 Å². The zero-order chi connectivity index (χ0) is 9.19. The number of sulfone groups is 1. The highest BCUT2D eigenvalue weighted by molar-refractivity contribution is 7.91. The van der Waals surface area contributed by atoms with Gasteiger partial charge in [-0.1, -0.05) is 0 Å². The van der Waals surface area contributed by atoms with Crippen LogP contribution in [0.2, 0.25) is 0 Å². The number of nitrogens with two attached hydrogens (primary N) is 1. The predicted octanol–water partition coefficient (Wildman–Crippen LogP) is -10.0. The summed E-state index contributed by atoms with van der Waals surface area (Å²) in [6.07, 6.45) is -0.693. The highest BCUT2D eigenvalue weighted by Gasteiger charge is 2.38. The van der Waals surface area contributed by atoms with Gasteiger partial charge in [0, 0.05) is 0 Å². The van der Waals surface area contributed by atoms with E-state index in [2.05, 4.69) is 5.73 Å². The highest BCUT2D eigenvalue weighted by Crippen LogP contribution is 2.08. The standard InChI is InChI=1S/C6H14N2O3S.2ClH/c7-1-2-8-5-3-12(10,11)4-6(5)9;;/h5-6,8-9H,1-4,7H2;2*1H. The van der Waals surface area contributed by atoms with Gasteiger partial charge in [0.05, 0.1) is 5.75 Å². The topological polar surface area (TPSA) is 98.6 Å². The molecule has 0 aromatic heterocycles. The van der Waals surface area contributed by atoms with Gasteiger partial charge in [-0.05, 0) is 0 Å². The number of hydrogen-bond donors (Lipinski definition) is 3. The van der Waals surface area contributed by atoms with Crippen LogP contribution in [-0.4, -0.2) is 50.3 Å². The first-order chi connectivity index (χ1) is 5.55. The molecule has 1 fully saturated rings. The molecule has 1 rings (SSSR count). The fraction of sp³-hybridized carbons (Fsp3) is 1.00. The monoisotopic (exact) mass is 266 g/mol. The van der Waals surface area contributed by atoms with Crippen molar-refractivity contribution < 1.29 is 49.4 Å². The summed E-state index contributed by atoms with van der Waals surface area (Å²) in [5, 5.41) is 11.2. The molecule has 88 valence electrons. The quantitative estimate of drug-likeness (QED) is 0.473. The Hall–Kier alpha value is 0.410. The van der Waals surface area contributed by atoms with Crippen molar-refractivity contribution in [3.63, 3.8) is 0 Å². The second kappa shape index (κ2) is 6.81. The van der Waals surface area contributed by atoms with Gasteiger partial charge < -0.3 is 41.0 Å². The minimum absolute atomic E-state index is 0. The normalized spacial score (nSPS) is 29.0. The van der Waals surface area contributed by atoms with Gasteiger partial charge in [0.25, 0.3) is 0 Å². The average molecular weight is 267 g/mol. The first-order valence-electron chi connectivity index (χ1n) is 4.06. The Morgan fingerprint density at radius 3 is 2.29 bits per heavy atom. The van der Waals surface area contributed by atoms with Crippen LogP contribution in [0.1, 0.15) is 0 Å². The lowest BCUT2D eigenvalue weighted by atomic mass is 10.2. The van der Waals surface area contributed by atoms with E-state index >= 15 is 0 Å². The second-order valence-corrected chi connectivity index (χ2v) is 5.34. The molecule has 5 nitrogen and oxygen atoms in total. The van der Waals surface area contributed by atoms with E-state index in [1.165, 1.54) is 0 Å². The SMILES string of the molecule is [Cl-].[Cl-].[NH3+]CC[NH2+]C1CS(=O)(=O)CC1O. The van der Waals surface area contributed by atoms with Crippen molar-refractivity contribution in [1.82, 2.24) is 0 Å². The third kappa shape index (κ3) is 4.77. The van der Waals surface area contributed by atoms with Gasteiger partial charge in [-0.15, -0.1) is 0 Å². The minimum atomic E-state index is -2.98. The van der Waals surface area contributed by atoms with Crippen molar-refractivity contribution in [3.05, 3.63) is 0 Å². The van der Waals surface area contributed by atoms with Crippen LogP contribution in [0.25, 0.3) is 0 Å². The largest absolute Gasteiger partial charge is 1.00 e. The molecule has 0 aromatic carbocycles. The van der Waals surface area contributed by atoms with Crippen molar-refractivity contribution in [1.29, 1.82) is 0 Å². The maximum atomic E-state index is 11.0. The molecule has 8 heteroatoms. The third-order valence-corrected chi connectivity index (χ3v) is 3.78. The van der Waals surface area contributed by atoms with Crippen LogP contribution in [-0.2, 0) is 9.84 Å². The lowest BCUT2D eigenvalue weighted by molar-refractivity contribution is -0.702. The molecule has 0 saturated carbocycles. The first-order valence-corrected chi connectivity index (χ1v) is 5.88. The minimum Gasteiger partial charge on any atom is -1.00 e. The maximum absolute atomic E-state index is 11.0. The average Bonchev–Trinajstić information content (AvgIpc) is 2.20. The molecule has 14 heavy (non-hydrogen) atoms. The molecule has 1 aliphatic rings. The van der Waals surface area contributed by atoms with E-state index in [9.17, 15) is 13.5 Å². The Morgan fingerprint density at radius 2 is 1.93 bits per heavy atom. The van der Waals surface area contributed by atoms with E-state index in [1.807, 2.05) is 5.32 Å². The first kappa shape index (κ1) is 16.8. The van der Waals surface area contributed by atoms with Gasteiger partial charge in [0.1, 0.15) is 31.0 Å². The highest BCUT2D eigenvalue weighted by atomic mass is 35.5. The van der Waals surface area contributed by atoms with Crippen molar-refractivity contribution in [2.45, 2.75) is 12.1 Å². The summed E-state index contributed by atoms with van der Waals surface area (Å²) in [4.78, 5) is 0. The zero-order valence-electron chi connectivity index (χ0n) is 7.70. The molecule has 0 spiro atoms. The fourth-order valence-electron chi connectivity index (χ4n) is 1.41. The van der Waals surface area contributed by atoms with Crippen LogP contribution in [0.15, 0.2) is 0 Å². The Kier molecular flexibility index (Phi) is 8.19. The number of rotatable bonds is 3. The van der Waals surface area contributed by atoms with Gasteiger partial charge in [0.15, 0.2) is 9.84 Å². The fourth-order valence-corrected chi connectivity index (χ4v) is 3.26. The smallest absolute Gasteiger partial charge is 0.159 e. The summed E-state index contributed by atoms with van der Waals surface area (Å²) in [5.41, 5.74) is 3.65. The summed E-state index contributed by atoms with van der Waals surface area (Å²) >= 11 is 0. The molecular weight excluding hydrogens is 251 g/mol. The molecular formula is C6H16Cl2N2O3S. The number of aliphatic hydroxyl groups is 1. The number of aliphatic hydroxyl groups excluding tert-OH is 1. The molecule has 0 amide bonds. The van der Waals surface area contributed by atoms with E-state index in [-0.39, 0.29) is 42.4 Å². The maximum Gasteiger partial charge on any atom is 0.159 e. The Morgan fingerprint density at radius 1 is 1.36 bits per heavy atom. The molecule has 2 unspecified atom stereocenters. The molecule has 0 radical (unpaired) electrons. The lowest BCUT2D eigenvalue weighted by Crippen LogP contribution is -3.00. The van der Waals surface area contributed by atoms with Crippen LogP contribution in [0.3, 0.4) is 0 Å². The number of quaternary nitrogens is 2. The van der Waals surface area contributed by atoms with Crippen molar-refractivity contribution >= 4 is 9.84 Å². The van der Waals surface area contributed by atoms with E-state index < -0.39 is 15.9 Å². The van der Waals surface area contributed by atoms with Gasteiger partial charge >= 0.3 is 0 Å². The van der Waals surface area contributed by atoms with Gasteiger partial charge in [-0.25, -0.2) is 8.42 Å². The molecule has 1 saturated heterocycles. The van der Waals surface area contributed by atoms with E-state index in [4.69, 9.17) is 0 Å². The second-order valence-electron chi connectivity index (χ2n) is 3.19. The zero-order valence-corrected chi connectivity index (χ0v) is 10.0. The Labute approximate surface area is 96.2 Å². The van der Waals surface area contributed by atoms with Crippen LogP contribution in [0.4, 0.5) is 0 Å². The van der Waals surface area contributed by atoms with Crippen LogP contribution >= 0.6 is 0 Å². The summed E-state index contributed by atoms with van der Waals surface area (Å²) in [7, 11) is -2.98. The summed E-state index contributed by atoms with van der Waals surface area (Å²) in [6.45, 7) is 1.53. The molecule has 6 N–H and O–H groups in total.